The van der Waals surface area contributed by atoms with Gasteiger partial charge in [-0.15, -0.1) is 0 Å². The summed E-state index contributed by atoms with van der Waals surface area (Å²) in [7, 11) is 1.85. The molecule has 1 aliphatic heterocycles. The van der Waals surface area contributed by atoms with E-state index in [0.29, 0.717) is 23.8 Å². The number of nitrogens with zero attached hydrogens (tertiary/aromatic N) is 3. The maximum atomic E-state index is 11.1. The fraction of sp³-hybridized carbons (Fsp3) is 0.636. The summed E-state index contributed by atoms with van der Waals surface area (Å²) in [6, 6.07) is 0. The molecule has 1 aliphatic rings. The lowest BCUT2D eigenvalue weighted by Gasteiger charge is -2.25. The van der Waals surface area contributed by atoms with Crippen LogP contribution in [-0.2, 0) is 18.4 Å². The molecule has 0 spiro atoms. The molecule has 0 bridgehead atoms. The Balaban J connectivity index is 2.06. The van der Waals surface area contributed by atoms with Crippen LogP contribution in [0.3, 0.4) is 0 Å². The lowest BCUT2D eigenvalue weighted by molar-refractivity contribution is -0.121. The van der Waals surface area contributed by atoms with E-state index in [1.54, 1.807) is 4.68 Å². The molecule has 2 heterocycles. The Morgan fingerprint density at radius 1 is 1.38 bits per heavy atom. The summed E-state index contributed by atoms with van der Waals surface area (Å²) < 4.78 is 1.70. The van der Waals surface area contributed by atoms with Crippen LogP contribution in [-0.4, -0.2) is 33.6 Å². The van der Waals surface area contributed by atoms with E-state index < -0.39 is 0 Å². The lowest BCUT2D eigenvalue weighted by Crippen LogP contribution is -2.33. The summed E-state index contributed by atoms with van der Waals surface area (Å²) in [5.74, 6) is 0.366. The number of carbonyl (C=O) groups is 1. The number of hydrogen-bond donors (Lipinski definition) is 0. The third-order valence-corrected chi connectivity index (χ3v) is 3.54. The van der Waals surface area contributed by atoms with Crippen LogP contribution in [0.5, 0.6) is 0 Å². The zero-order chi connectivity index (χ0) is 11.7. The van der Waals surface area contributed by atoms with Crippen LogP contribution < -0.4 is 0 Å². The van der Waals surface area contributed by atoms with Crippen molar-refractivity contribution in [3.05, 3.63) is 16.4 Å². The third-order valence-electron chi connectivity index (χ3n) is 3.07. The molecule has 0 aromatic carbocycles. The van der Waals surface area contributed by atoms with E-state index >= 15 is 0 Å². The first-order chi connectivity index (χ1) is 7.58. The minimum Gasteiger partial charge on any atom is -0.300 e. The van der Waals surface area contributed by atoms with Crippen molar-refractivity contribution in [1.82, 2.24) is 14.7 Å². The molecule has 0 N–H and O–H groups in total. The third kappa shape index (κ3) is 2.28. The van der Waals surface area contributed by atoms with Gasteiger partial charge in [-0.25, -0.2) is 0 Å². The average molecular weight is 242 g/mol. The molecule has 2 rings (SSSR count). The number of Topliss-reactive ketones (excluding diaryl/α,β-unsaturated/α-hetero) is 1. The number of carbonyl (C=O) groups excluding carboxylic acids is 1. The van der Waals surface area contributed by atoms with Crippen LogP contribution >= 0.6 is 11.6 Å². The molecule has 0 saturated carbocycles. The topological polar surface area (TPSA) is 38.1 Å². The first-order valence-corrected chi connectivity index (χ1v) is 5.87. The van der Waals surface area contributed by atoms with Crippen LogP contribution in [0.4, 0.5) is 0 Å². The number of rotatable bonds is 2. The summed E-state index contributed by atoms with van der Waals surface area (Å²) >= 11 is 6.17. The highest BCUT2D eigenvalue weighted by atomic mass is 35.5. The quantitative estimate of drug-likeness (QED) is 0.789. The van der Waals surface area contributed by atoms with Crippen LogP contribution in [0.1, 0.15) is 24.1 Å². The predicted octanol–water partition coefficient (Wildman–Crippen LogP) is 1.55. The van der Waals surface area contributed by atoms with Crippen molar-refractivity contribution in [1.29, 1.82) is 0 Å². The molecule has 0 amide bonds. The van der Waals surface area contributed by atoms with E-state index in [1.165, 1.54) is 0 Å². The Bertz CT molecular complexity index is 404. The van der Waals surface area contributed by atoms with E-state index in [1.807, 2.05) is 14.0 Å². The van der Waals surface area contributed by atoms with Crippen molar-refractivity contribution in [3.63, 3.8) is 0 Å². The van der Waals surface area contributed by atoms with Gasteiger partial charge in [0, 0.05) is 45.1 Å². The van der Waals surface area contributed by atoms with Crippen molar-refractivity contribution < 1.29 is 4.79 Å². The Kier molecular flexibility index (Phi) is 3.30. The van der Waals surface area contributed by atoms with Gasteiger partial charge >= 0.3 is 0 Å². The summed E-state index contributed by atoms with van der Waals surface area (Å²) in [6.07, 6.45) is 1.33. The number of aryl methyl sites for hydroxylation is 2. The number of halogens is 1. The molecule has 1 fully saturated rings. The normalized spacial score (nSPS) is 18.1. The van der Waals surface area contributed by atoms with Gasteiger partial charge in [-0.1, -0.05) is 11.6 Å². The number of hydrogen-bond acceptors (Lipinski definition) is 3. The van der Waals surface area contributed by atoms with Crippen molar-refractivity contribution in [2.75, 3.05) is 13.1 Å². The average Bonchev–Trinajstić information content (AvgIpc) is 2.48. The molecular formula is C11H16ClN3O. The predicted molar refractivity (Wildman–Crippen MR) is 62.5 cm³/mol. The van der Waals surface area contributed by atoms with Gasteiger partial charge in [-0.05, 0) is 6.92 Å². The number of piperidine rings is 1. The van der Waals surface area contributed by atoms with Gasteiger partial charge in [0.15, 0.2) is 0 Å². The minimum absolute atomic E-state index is 0.366. The molecule has 4 nitrogen and oxygen atoms in total. The van der Waals surface area contributed by atoms with E-state index in [-0.39, 0.29) is 0 Å². The molecule has 0 aliphatic carbocycles. The highest BCUT2D eigenvalue weighted by Crippen LogP contribution is 2.21. The second-order valence-electron chi connectivity index (χ2n) is 4.29. The lowest BCUT2D eigenvalue weighted by atomic mass is 10.1. The Labute approximate surface area is 100 Å². The van der Waals surface area contributed by atoms with Gasteiger partial charge < -0.3 is 0 Å². The smallest absolute Gasteiger partial charge is 0.135 e. The number of likely N-dealkylation sites (tertiary alicyclic amines) is 1. The maximum Gasteiger partial charge on any atom is 0.135 e. The van der Waals surface area contributed by atoms with Gasteiger partial charge in [0.25, 0.3) is 0 Å². The van der Waals surface area contributed by atoms with Gasteiger partial charge in [0.05, 0.1) is 5.69 Å². The van der Waals surface area contributed by atoms with Gasteiger partial charge in [0.2, 0.25) is 0 Å². The van der Waals surface area contributed by atoms with E-state index in [0.717, 1.165) is 30.9 Å². The molecule has 88 valence electrons. The van der Waals surface area contributed by atoms with Crippen LogP contribution in [0.15, 0.2) is 0 Å². The summed E-state index contributed by atoms with van der Waals surface area (Å²) in [5, 5.41) is 4.99. The van der Waals surface area contributed by atoms with Crippen molar-refractivity contribution in [3.8, 4) is 0 Å². The molecule has 5 heteroatoms. The van der Waals surface area contributed by atoms with E-state index in [4.69, 9.17) is 11.6 Å². The monoisotopic (exact) mass is 241 g/mol. The SMILES string of the molecule is Cc1nn(C)c(Cl)c1CN1CCC(=O)CC1. The van der Waals surface area contributed by atoms with Gasteiger partial charge in [0.1, 0.15) is 10.9 Å². The second-order valence-corrected chi connectivity index (χ2v) is 4.65. The molecule has 16 heavy (non-hydrogen) atoms. The zero-order valence-electron chi connectivity index (χ0n) is 9.66. The highest BCUT2D eigenvalue weighted by molar-refractivity contribution is 6.30. The largest absolute Gasteiger partial charge is 0.300 e. The fourth-order valence-corrected chi connectivity index (χ4v) is 2.27. The maximum absolute atomic E-state index is 11.1. The fourth-order valence-electron chi connectivity index (χ4n) is 2.04. The molecular weight excluding hydrogens is 226 g/mol. The van der Waals surface area contributed by atoms with Crippen molar-refractivity contribution in [2.45, 2.75) is 26.3 Å². The zero-order valence-corrected chi connectivity index (χ0v) is 10.4. The summed E-state index contributed by atoms with van der Waals surface area (Å²) in [4.78, 5) is 13.4. The standard InChI is InChI=1S/C11H16ClN3O/c1-8-10(11(12)14(2)13-8)7-15-5-3-9(16)4-6-15/h3-7H2,1-2H3. The molecule has 0 unspecified atom stereocenters. The Hall–Kier alpha value is -0.870. The van der Waals surface area contributed by atoms with Gasteiger partial charge in [-0.3, -0.25) is 14.4 Å². The van der Waals surface area contributed by atoms with Crippen molar-refractivity contribution in [2.24, 2.45) is 7.05 Å². The van der Waals surface area contributed by atoms with Crippen LogP contribution in [0.2, 0.25) is 5.15 Å². The number of ketones is 1. The summed E-state index contributed by atoms with van der Waals surface area (Å²) in [6.45, 7) is 4.44. The number of aromatic nitrogens is 2. The summed E-state index contributed by atoms with van der Waals surface area (Å²) in [5.41, 5.74) is 2.06. The van der Waals surface area contributed by atoms with E-state index in [2.05, 4.69) is 10.00 Å². The minimum atomic E-state index is 0.366. The molecule has 1 saturated heterocycles. The second kappa shape index (κ2) is 4.55. The molecule has 1 aromatic rings. The first kappa shape index (κ1) is 11.6. The van der Waals surface area contributed by atoms with Crippen LogP contribution in [0, 0.1) is 6.92 Å². The van der Waals surface area contributed by atoms with Crippen LogP contribution in [0.25, 0.3) is 0 Å². The van der Waals surface area contributed by atoms with Gasteiger partial charge in [-0.2, -0.15) is 5.10 Å². The Morgan fingerprint density at radius 2 is 2.00 bits per heavy atom. The Morgan fingerprint density at radius 3 is 2.50 bits per heavy atom. The highest BCUT2D eigenvalue weighted by Gasteiger charge is 2.19. The molecule has 1 aromatic heterocycles. The molecule has 0 radical (unpaired) electrons. The first-order valence-electron chi connectivity index (χ1n) is 5.50. The van der Waals surface area contributed by atoms with E-state index in [9.17, 15) is 4.79 Å². The van der Waals surface area contributed by atoms with Crippen molar-refractivity contribution >= 4 is 17.4 Å². The molecule has 0 atom stereocenters.